The fourth-order valence-electron chi connectivity index (χ4n) is 3.33. The van der Waals surface area contributed by atoms with Crippen LogP contribution >= 0.6 is 0 Å². The first-order chi connectivity index (χ1) is 13.0. The molecule has 1 saturated heterocycles. The molecule has 0 saturated carbocycles. The lowest BCUT2D eigenvalue weighted by atomic mass is 10.1. The quantitative estimate of drug-likeness (QED) is 0.786. The molecule has 1 aliphatic rings. The minimum Gasteiger partial charge on any atom is -0.378 e. The average molecular weight is 365 g/mol. The van der Waals surface area contributed by atoms with Crippen molar-refractivity contribution >= 4 is 23.2 Å². The molecule has 2 aromatic carbocycles. The molecule has 5 heteroatoms. The Hall–Kier alpha value is -2.82. The summed E-state index contributed by atoms with van der Waals surface area (Å²) in [6.07, 6.45) is 1.51. The molecule has 0 bridgehead atoms. The molecule has 0 atom stereocenters. The van der Waals surface area contributed by atoms with Gasteiger partial charge in [0.2, 0.25) is 5.91 Å². The second-order valence-corrected chi connectivity index (χ2v) is 7.08. The maximum Gasteiger partial charge on any atom is 0.254 e. The third kappa shape index (κ3) is 4.30. The van der Waals surface area contributed by atoms with Crippen LogP contribution in [0.25, 0.3) is 0 Å². The van der Waals surface area contributed by atoms with Gasteiger partial charge in [-0.15, -0.1) is 0 Å². The molecular weight excluding hydrogens is 338 g/mol. The predicted molar refractivity (Wildman–Crippen MR) is 109 cm³/mol. The summed E-state index contributed by atoms with van der Waals surface area (Å²) in [4.78, 5) is 30.4. The second kappa shape index (κ2) is 8.25. The van der Waals surface area contributed by atoms with E-state index in [0.29, 0.717) is 25.1 Å². The number of hydrogen-bond acceptors (Lipinski definition) is 3. The summed E-state index contributed by atoms with van der Waals surface area (Å²) >= 11 is 0. The van der Waals surface area contributed by atoms with Crippen molar-refractivity contribution in [2.45, 2.75) is 26.3 Å². The number of hydrogen-bond donors (Lipinski definition) is 0. The van der Waals surface area contributed by atoms with Gasteiger partial charge in [0.05, 0.1) is 0 Å². The van der Waals surface area contributed by atoms with Crippen LogP contribution < -0.4 is 9.80 Å². The van der Waals surface area contributed by atoms with Crippen molar-refractivity contribution < 1.29 is 9.59 Å². The maximum atomic E-state index is 12.9. The summed E-state index contributed by atoms with van der Waals surface area (Å²) in [6.45, 7) is 3.97. The van der Waals surface area contributed by atoms with E-state index in [1.165, 1.54) is 0 Å². The minimum atomic E-state index is 0.00786. The van der Waals surface area contributed by atoms with Crippen LogP contribution in [0, 0.1) is 0 Å². The normalized spacial score (nSPS) is 13.7. The van der Waals surface area contributed by atoms with E-state index in [2.05, 4.69) is 29.2 Å². The van der Waals surface area contributed by atoms with Gasteiger partial charge in [-0.1, -0.05) is 12.1 Å². The number of carbonyl (C=O) groups excluding carboxylic acids is 2. The summed E-state index contributed by atoms with van der Waals surface area (Å²) in [5, 5.41) is 0. The number of anilines is 2. The van der Waals surface area contributed by atoms with Gasteiger partial charge in [-0.3, -0.25) is 9.59 Å². The summed E-state index contributed by atoms with van der Waals surface area (Å²) in [5.74, 6) is 0.166. The van der Waals surface area contributed by atoms with Gasteiger partial charge in [-0.2, -0.15) is 0 Å². The first-order valence-electron chi connectivity index (χ1n) is 9.45. The summed E-state index contributed by atoms with van der Waals surface area (Å²) in [6, 6.07) is 15.6. The molecule has 0 spiro atoms. The largest absolute Gasteiger partial charge is 0.378 e. The molecule has 2 amide bonds. The zero-order valence-corrected chi connectivity index (χ0v) is 16.3. The van der Waals surface area contributed by atoms with Crippen molar-refractivity contribution in [2.24, 2.45) is 0 Å². The van der Waals surface area contributed by atoms with Crippen molar-refractivity contribution in [3.8, 4) is 0 Å². The Balaban J connectivity index is 1.69. The number of nitrogens with zero attached hydrogens (tertiary/aromatic N) is 3. The Morgan fingerprint density at radius 3 is 2.22 bits per heavy atom. The third-order valence-electron chi connectivity index (χ3n) is 4.99. The summed E-state index contributed by atoms with van der Waals surface area (Å²) in [7, 11) is 4.02. The number of amides is 2. The van der Waals surface area contributed by atoms with E-state index in [1.807, 2.05) is 50.2 Å². The molecule has 5 nitrogen and oxygen atoms in total. The van der Waals surface area contributed by atoms with Crippen molar-refractivity contribution in [3.63, 3.8) is 0 Å². The first-order valence-corrected chi connectivity index (χ1v) is 9.45. The van der Waals surface area contributed by atoms with Gasteiger partial charge in [0.15, 0.2) is 0 Å². The van der Waals surface area contributed by atoms with Crippen LogP contribution in [0.2, 0.25) is 0 Å². The van der Waals surface area contributed by atoms with Gasteiger partial charge < -0.3 is 14.7 Å². The van der Waals surface area contributed by atoms with Gasteiger partial charge in [0, 0.05) is 57.1 Å². The molecule has 1 aliphatic heterocycles. The lowest BCUT2D eigenvalue weighted by Crippen LogP contribution is -2.30. The van der Waals surface area contributed by atoms with Gasteiger partial charge in [0.1, 0.15) is 0 Å². The van der Waals surface area contributed by atoms with Crippen LogP contribution in [0.4, 0.5) is 11.4 Å². The average Bonchev–Trinajstić information content (AvgIpc) is 3.12. The topological polar surface area (TPSA) is 43.9 Å². The Kier molecular flexibility index (Phi) is 5.79. The standard InChI is InChI=1S/C22H27N3O2/c1-4-24(16-17-7-11-19(12-8-17)23(2)3)22(27)18-9-13-20(14-10-18)25-15-5-6-21(25)26/h7-14H,4-6,15-16H2,1-3H3. The highest BCUT2D eigenvalue weighted by molar-refractivity contribution is 5.97. The molecule has 2 aromatic rings. The summed E-state index contributed by atoms with van der Waals surface area (Å²) in [5.41, 5.74) is 3.77. The van der Waals surface area contributed by atoms with Crippen molar-refractivity contribution in [1.82, 2.24) is 4.90 Å². The SMILES string of the molecule is CCN(Cc1ccc(N(C)C)cc1)C(=O)c1ccc(N2CCCC2=O)cc1. The smallest absolute Gasteiger partial charge is 0.254 e. The van der Waals surface area contributed by atoms with E-state index >= 15 is 0 Å². The van der Waals surface area contributed by atoms with Crippen LogP contribution in [-0.4, -0.2) is 43.9 Å². The van der Waals surface area contributed by atoms with E-state index in [0.717, 1.165) is 29.9 Å². The highest BCUT2D eigenvalue weighted by Gasteiger charge is 2.22. The van der Waals surface area contributed by atoms with Crippen LogP contribution in [0.5, 0.6) is 0 Å². The van der Waals surface area contributed by atoms with Gasteiger partial charge in [0.25, 0.3) is 5.91 Å². The van der Waals surface area contributed by atoms with Crippen LogP contribution in [0.1, 0.15) is 35.7 Å². The fourth-order valence-corrected chi connectivity index (χ4v) is 3.33. The monoisotopic (exact) mass is 365 g/mol. The highest BCUT2D eigenvalue weighted by atomic mass is 16.2. The van der Waals surface area contributed by atoms with Crippen molar-refractivity contribution in [3.05, 3.63) is 59.7 Å². The highest BCUT2D eigenvalue weighted by Crippen LogP contribution is 2.22. The molecule has 0 aromatic heterocycles. The van der Waals surface area contributed by atoms with Gasteiger partial charge in [-0.05, 0) is 55.3 Å². The number of carbonyl (C=O) groups is 2. The Morgan fingerprint density at radius 1 is 1.04 bits per heavy atom. The zero-order chi connectivity index (χ0) is 19.4. The molecule has 0 radical (unpaired) electrons. The first kappa shape index (κ1) is 19.0. The lowest BCUT2D eigenvalue weighted by molar-refractivity contribution is -0.117. The van der Waals surface area contributed by atoms with Crippen molar-refractivity contribution in [2.75, 3.05) is 37.0 Å². The molecule has 1 heterocycles. The molecule has 3 rings (SSSR count). The van der Waals surface area contributed by atoms with Gasteiger partial charge in [-0.25, -0.2) is 0 Å². The molecule has 142 valence electrons. The zero-order valence-electron chi connectivity index (χ0n) is 16.3. The fraction of sp³-hybridized carbons (Fsp3) is 0.364. The van der Waals surface area contributed by atoms with Crippen LogP contribution in [0.15, 0.2) is 48.5 Å². The van der Waals surface area contributed by atoms with E-state index in [1.54, 1.807) is 4.90 Å². The minimum absolute atomic E-state index is 0.00786. The second-order valence-electron chi connectivity index (χ2n) is 7.08. The molecule has 0 N–H and O–H groups in total. The van der Waals surface area contributed by atoms with E-state index in [9.17, 15) is 9.59 Å². The van der Waals surface area contributed by atoms with Crippen LogP contribution in [0.3, 0.4) is 0 Å². The molecule has 27 heavy (non-hydrogen) atoms. The Labute approximate surface area is 161 Å². The van der Waals surface area contributed by atoms with Crippen molar-refractivity contribution in [1.29, 1.82) is 0 Å². The number of benzene rings is 2. The third-order valence-corrected chi connectivity index (χ3v) is 4.99. The maximum absolute atomic E-state index is 12.9. The summed E-state index contributed by atoms with van der Waals surface area (Å²) < 4.78 is 0. The Morgan fingerprint density at radius 2 is 1.70 bits per heavy atom. The Bertz CT molecular complexity index is 797. The predicted octanol–water partition coefficient (Wildman–Crippen LogP) is 3.54. The van der Waals surface area contributed by atoms with E-state index in [-0.39, 0.29) is 11.8 Å². The molecular formula is C22H27N3O2. The lowest BCUT2D eigenvalue weighted by Gasteiger charge is -2.22. The molecule has 0 unspecified atom stereocenters. The van der Waals surface area contributed by atoms with E-state index < -0.39 is 0 Å². The number of rotatable bonds is 6. The van der Waals surface area contributed by atoms with E-state index in [4.69, 9.17) is 0 Å². The van der Waals surface area contributed by atoms with Gasteiger partial charge >= 0.3 is 0 Å². The molecule has 1 fully saturated rings. The van der Waals surface area contributed by atoms with Crippen LogP contribution in [-0.2, 0) is 11.3 Å². The molecule has 0 aliphatic carbocycles.